The number of rotatable bonds is 42. The van der Waals surface area contributed by atoms with Crippen LogP contribution in [0.5, 0.6) is 0 Å². The van der Waals surface area contributed by atoms with Crippen molar-refractivity contribution in [1.29, 1.82) is 0 Å². The monoisotopic (exact) mass is 919 g/mol. The Bertz CT molecular complexity index is 1390. The average molecular weight is 919 g/mol. The summed E-state index contributed by atoms with van der Waals surface area (Å²) < 4.78 is 47.7. The standard InChI is InChI=1S/C46H80O14P2/c1-3-4-5-6-7-8-9-10-11-12-15-19-22-25-28-31-34-37-46(50)60-44(41-59-62(54,55)58-39-43(48)38-57-61(51,52)53)40-56-45(49)36-33-30-27-24-21-18-16-13-14-17-20-23-26-29-32-35-42(2)47/h7-8,10-11,14,16-18,23-24,26-27,42-44,47-48H,3-6,9,12-13,15,19-22,25,28-41H2,1-2H3,(H,54,55)(H2,51,52,53)/b8-7-,11-10-,17-14-,18-16-,26-23-,27-24-/t42-,43+,44-/m1/s1. The summed E-state index contributed by atoms with van der Waals surface area (Å²) in [6.45, 7) is 1.20. The first kappa shape index (κ1) is 59.5. The summed E-state index contributed by atoms with van der Waals surface area (Å²) >= 11 is 0. The zero-order valence-electron chi connectivity index (χ0n) is 37.6. The molecule has 0 saturated heterocycles. The van der Waals surface area contributed by atoms with Gasteiger partial charge in [-0.1, -0.05) is 125 Å². The van der Waals surface area contributed by atoms with E-state index in [9.17, 15) is 33.8 Å². The Morgan fingerprint density at radius 3 is 1.48 bits per heavy atom. The summed E-state index contributed by atoms with van der Waals surface area (Å²) in [5.74, 6) is -1.13. The summed E-state index contributed by atoms with van der Waals surface area (Å²) in [7, 11) is -9.71. The molecule has 14 nitrogen and oxygen atoms in total. The van der Waals surface area contributed by atoms with E-state index in [1.807, 2.05) is 12.2 Å². The van der Waals surface area contributed by atoms with Crippen molar-refractivity contribution in [2.45, 2.75) is 180 Å². The smallest absolute Gasteiger partial charge is 0.462 e. The van der Waals surface area contributed by atoms with Gasteiger partial charge < -0.3 is 34.4 Å². The third kappa shape index (κ3) is 45.5. The van der Waals surface area contributed by atoms with E-state index < -0.39 is 66.2 Å². The molecular weight excluding hydrogens is 838 g/mol. The van der Waals surface area contributed by atoms with Crippen molar-refractivity contribution in [1.82, 2.24) is 0 Å². The number of carbonyl (C=O) groups is 2. The van der Waals surface area contributed by atoms with Crippen LogP contribution in [0.15, 0.2) is 72.9 Å². The topological polar surface area (TPSA) is 216 Å². The Morgan fingerprint density at radius 2 is 0.952 bits per heavy atom. The zero-order valence-corrected chi connectivity index (χ0v) is 39.3. The fourth-order valence-electron chi connectivity index (χ4n) is 5.62. The number of hydrogen-bond donors (Lipinski definition) is 5. The number of aliphatic hydroxyl groups excluding tert-OH is 2. The predicted molar refractivity (Wildman–Crippen MR) is 245 cm³/mol. The van der Waals surface area contributed by atoms with E-state index in [-0.39, 0.29) is 18.9 Å². The molecule has 0 saturated carbocycles. The predicted octanol–water partition coefficient (Wildman–Crippen LogP) is 10.8. The van der Waals surface area contributed by atoms with Gasteiger partial charge in [0.15, 0.2) is 6.10 Å². The van der Waals surface area contributed by atoms with Crippen molar-refractivity contribution in [2.75, 3.05) is 26.4 Å². The molecule has 16 heteroatoms. The molecule has 0 aliphatic heterocycles. The van der Waals surface area contributed by atoms with E-state index in [2.05, 4.69) is 76.7 Å². The minimum atomic E-state index is -4.88. The second-order valence-electron chi connectivity index (χ2n) is 15.2. The number of ether oxygens (including phenoxy) is 2. The molecule has 0 heterocycles. The Kier molecular flexibility index (Phi) is 39.6. The van der Waals surface area contributed by atoms with Crippen molar-refractivity contribution in [3.05, 3.63) is 72.9 Å². The van der Waals surface area contributed by atoms with Crippen molar-refractivity contribution in [3.63, 3.8) is 0 Å². The van der Waals surface area contributed by atoms with Crippen LogP contribution in [0.2, 0.25) is 0 Å². The van der Waals surface area contributed by atoms with E-state index in [4.69, 9.17) is 23.8 Å². The van der Waals surface area contributed by atoms with Gasteiger partial charge >= 0.3 is 27.6 Å². The van der Waals surface area contributed by atoms with Gasteiger partial charge in [0.05, 0.1) is 25.9 Å². The Morgan fingerprint density at radius 1 is 0.516 bits per heavy atom. The fraction of sp³-hybridized carbons (Fsp3) is 0.696. The number of carbonyl (C=O) groups excluding carboxylic acids is 2. The maximum atomic E-state index is 12.7. The normalized spacial score (nSPS) is 15.1. The molecule has 0 rings (SSSR count). The molecule has 0 aromatic heterocycles. The number of hydrogen-bond acceptors (Lipinski definition) is 11. The SMILES string of the molecule is CCCCC/C=C\C/C=C\CCCCCCCCCC(=O)O[C@H](COC(=O)CCC/C=C\C/C=C\C/C=C\C/C=C\CCC[C@@H](C)O)COP(=O)(O)OC[C@@H](O)COP(=O)(O)O. The van der Waals surface area contributed by atoms with Gasteiger partial charge in [-0.25, -0.2) is 9.13 Å². The molecular formula is C46H80O14P2. The molecule has 4 atom stereocenters. The van der Waals surface area contributed by atoms with Gasteiger partial charge in [-0.15, -0.1) is 0 Å². The molecule has 0 aliphatic carbocycles. The molecule has 0 bridgehead atoms. The molecule has 0 spiro atoms. The highest BCUT2D eigenvalue weighted by molar-refractivity contribution is 7.47. The molecule has 0 radical (unpaired) electrons. The number of esters is 2. The van der Waals surface area contributed by atoms with Crippen LogP contribution in [0, 0.1) is 0 Å². The minimum absolute atomic E-state index is 0.101. The van der Waals surface area contributed by atoms with Gasteiger partial charge in [-0.2, -0.15) is 0 Å². The van der Waals surface area contributed by atoms with Gasteiger partial charge in [0.2, 0.25) is 0 Å². The van der Waals surface area contributed by atoms with Crippen LogP contribution in [0.1, 0.15) is 162 Å². The first-order chi connectivity index (χ1) is 29.7. The van der Waals surface area contributed by atoms with Crippen LogP contribution in [0.4, 0.5) is 0 Å². The van der Waals surface area contributed by atoms with Gasteiger partial charge in [0, 0.05) is 12.8 Å². The summed E-state index contributed by atoms with van der Waals surface area (Å²) in [6, 6.07) is 0. The third-order valence-electron chi connectivity index (χ3n) is 9.08. The lowest BCUT2D eigenvalue weighted by atomic mass is 10.1. The lowest BCUT2D eigenvalue weighted by Gasteiger charge is -2.20. The van der Waals surface area contributed by atoms with E-state index in [1.54, 1.807) is 6.92 Å². The fourth-order valence-corrected chi connectivity index (χ4v) is 6.78. The summed E-state index contributed by atoms with van der Waals surface area (Å²) in [5, 5.41) is 19.0. The van der Waals surface area contributed by atoms with Crippen LogP contribution in [-0.2, 0) is 41.8 Å². The third-order valence-corrected chi connectivity index (χ3v) is 10.5. The minimum Gasteiger partial charge on any atom is -0.462 e. The first-order valence-electron chi connectivity index (χ1n) is 22.7. The van der Waals surface area contributed by atoms with Gasteiger partial charge in [0.25, 0.3) is 0 Å². The maximum Gasteiger partial charge on any atom is 0.472 e. The quantitative estimate of drug-likeness (QED) is 0.0167. The maximum absolute atomic E-state index is 12.7. The van der Waals surface area contributed by atoms with Crippen LogP contribution in [0.25, 0.3) is 0 Å². The second kappa shape index (κ2) is 41.2. The van der Waals surface area contributed by atoms with Gasteiger partial charge in [-0.05, 0) is 96.8 Å². The number of aliphatic hydroxyl groups is 2. The number of allylic oxidation sites excluding steroid dienone is 12. The summed E-state index contributed by atoms with van der Waals surface area (Å²) in [5.41, 5.74) is 0. The van der Waals surface area contributed by atoms with Crippen molar-refractivity contribution in [2.24, 2.45) is 0 Å². The molecule has 0 aromatic carbocycles. The Balaban J connectivity index is 4.61. The summed E-state index contributed by atoms with van der Waals surface area (Å²) in [6.07, 6.45) is 43.1. The lowest BCUT2D eigenvalue weighted by Crippen LogP contribution is -2.30. The zero-order chi connectivity index (χ0) is 46.0. The Labute approximate surface area is 372 Å². The molecule has 0 fully saturated rings. The largest absolute Gasteiger partial charge is 0.472 e. The number of phosphoric ester groups is 2. The molecule has 62 heavy (non-hydrogen) atoms. The highest BCUT2D eigenvalue weighted by Crippen LogP contribution is 2.43. The average Bonchev–Trinajstić information content (AvgIpc) is 3.22. The number of unbranched alkanes of at least 4 members (excludes halogenated alkanes) is 12. The van der Waals surface area contributed by atoms with E-state index >= 15 is 0 Å². The van der Waals surface area contributed by atoms with Crippen molar-refractivity contribution in [3.8, 4) is 0 Å². The van der Waals surface area contributed by atoms with E-state index in [0.29, 0.717) is 19.3 Å². The van der Waals surface area contributed by atoms with Crippen molar-refractivity contribution >= 4 is 27.6 Å². The van der Waals surface area contributed by atoms with Crippen LogP contribution in [-0.4, -0.2) is 81.6 Å². The number of phosphoric acid groups is 2. The molecule has 5 N–H and O–H groups in total. The van der Waals surface area contributed by atoms with Crippen molar-refractivity contribution < 1.29 is 66.7 Å². The molecule has 0 aliphatic rings. The van der Waals surface area contributed by atoms with Crippen LogP contribution < -0.4 is 0 Å². The highest BCUT2D eigenvalue weighted by atomic mass is 31.2. The summed E-state index contributed by atoms with van der Waals surface area (Å²) in [4.78, 5) is 52.7. The molecule has 1 unspecified atom stereocenters. The van der Waals surface area contributed by atoms with Gasteiger partial charge in [0.1, 0.15) is 12.7 Å². The molecule has 0 aromatic rings. The van der Waals surface area contributed by atoms with Crippen LogP contribution in [0.3, 0.4) is 0 Å². The van der Waals surface area contributed by atoms with Gasteiger partial charge in [-0.3, -0.25) is 23.2 Å². The van der Waals surface area contributed by atoms with E-state index in [1.165, 1.54) is 19.3 Å². The lowest BCUT2D eigenvalue weighted by molar-refractivity contribution is -0.161. The molecule has 0 amide bonds. The Hall–Kier alpha value is -2.48. The highest BCUT2D eigenvalue weighted by Gasteiger charge is 2.28. The van der Waals surface area contributed by atoms with E-state index in [0.717, 1.165) is 96.3 Å². The molecule has 358 valence electrons. The second-order valence-corrected chi connectivity index (χ2v) is 17.9. The first-order valence-corrected chi connectivity index (χ1v) is 25.7. The van der Waals surface area contributed by atoms with Crippen LogP contribution >= 0.6 is 15.6 Å².